The van der Waals surface area contributed by atoms with Crippen molar-refractivity contribution in [3.63, 3.8) is 0 Å². The number of nitrogens with two attached hydrogens (primary N) is 1. The van der Waals surface area contributed by atoms with Crippen molar-refractivity contribution in [2.75, 3.05) is 25.3 Å². The molecule has 3 N–H and O–H groups in total. The molecule has 0 radical (unpaired) electrons. The van der Waals surface area contributed by atoms with E-state index in [1.165, 1.54) is 11.3 Å². The van der Waals surface area contributed by atoms with Crippen LogP contribution in [0.25, 0.3) is 20.5 Å². The SMILES string of the molecule is COc1cc2cc(C(=O)Nc3cc(-c4cccs4)ccc3N)sc2cc1OC. The zero-order valence-electron chi connectivity index (χ0n) is 15.3. The fraction of sp³-hybridized carbons (Fsp3) is 0.0952. The topological polar surface area (TPSA) is 73.6 Å². The first kappa shape index (κ1) is 18.3. The van der Waals surface area contributed by atoms with E-state index >= 15 is 0 Å². The molecule has 0 aliphatic carbocycles. The van der Waals surface area contributed by atoms with Crippen LogP contribution >= 0.6 is 22.7 Å². The molecule has 0 saturated heterocycles. The highest BCUT2D eigenvalue weighted by atomic mass is 32.1. The maximum absolute atomic E-state index is 12.8. The second-order valence-electron chi connectivity index (χ2n) is 6.09. The summed E-state index contributed by atoms with van der Waals surface area (Å²) in [6.45, 7) is 0. The van der Waals surface area contributed by atoms with Gasteiger partial charge in [-0.3, -0.25) is 4.79 Å². The van der Waals surface area contributed by atoms with Crippen LogP contribution in [0.2, 0.25) is 0 Å². The molecule has 2 aromatic heterocycles. The van der Waals surface area contributed by atoms with Crippen molar-refractivity contribution in [1.82, 2.24) is 0 Å². The fourth-order valence-electron chi connectivity index (χ4n) is 2.92. The van der Waals surface area contributed by atoms with Gasteiger partial charge in [-0.25, -0.2) is 0 Å². The molecule has 142 valence electrons. The largest absolute Gasteiger partial charge is 0.493 e. The molecule has 0 saturated carbocycles. The van der Waals surface area contributed by atoms with Crippen LogP contribution in [0.4, 0.5) is 11.4 Å². The zero-order chi connectivity index (χ0) is 19.7. The Hall–Kier alpha value is -3.03. The quantitative estimate of drug-likeness (QED) is 0.427. The first-order valence-electron chi connectivity index (χ1n) is 8.49. The maximum atomic E-state index is 12.8. The van der Waals surface area contributed by atoms with Crippen molar-refractivity contribution in [1.29, 1.82) is 0 Å². The van der Waals surface area contributed by atoms with Gasteiger partial charge in [-0.05, 0) is 46.7 Å². The van der Waals surface area contributed by atoms with Crippen molar-refractivity contribution in [3.05, 3.63) is 58.8 Å². The number of hydrogen-bond donors (Lipinski definition) is 2. The van der Waals surface area contributed by atoms with Gasteiger partial charge < -0.3 is 20.5 Å². The van der Waals surface area contributed by atoms with Gasteiger partial charge in [-0.15, -0.1) is 22.7 Å². The average Bonchev–Trinajstić information content (AvgIpc) is 3.38. The summed E-state index contributed by atoms with van der Waals surface area (Å²) in [5.74, 6) is 1.07. The summed E-state index contributed by atoms with van der Waals surface area (Å²) in [6, 6.07) is 15.3. The van der Waals surface area contributed by atoms with Crippen LogP contribution in [0.15, 0.2) is 53.9 Å². The van der Waals surface area contributed by atoms with Gasteiger partial charge in [-0.2, -0.15) is 0 Å². The molecular formula is C21H18N2O3S2. The molecule has 7 heteroatoms. The number of amides is 1. The minimum atomic E-state index is -0.200. The molecule has 0 fully saturated rings. The molecule has 0 unspecified atom stereocenters. The Balaban J connectivity index is 1.64. The lowest BCUT2D eigenvalue weighted by Crippen LogP contribution is -2.11. The molecule has 0 bridgehead atoms. The second-order valence-corrected chi connectivity index (χ2v) is 8.12. The highest BCUT2D eigenvalue weighted by molar-refractivity contribution is 7.21. The standard InChI is InChI=1S/C21H18N2O3S2/c1-25-16-9-13-10-20(28-19(13)11-17(16)26-2)21(24)23-15-8-12(5-6-14(15)22)18-4-3-7-27-18/h3-11H,22H2,1-2H3,(H,23,24). The number of carbonyl (C=O) groups excluding carboxylic acids is 1. The summed E-state index contributed by atoms with van der Waals surface area (Å²) in [5.41, 5.74) is 8.22. The summed E-state index contributed by atoms with van der Waals surface area (Å²) >= 11 is 3.04. The van der Waals surface area contributed by atoms with Gasteiger partial charge in [0.2, 0.25) is 0 Å². The van der Waals surface area contributed by atoms with E-state index in [1.807, 2.05) is 53.9 Å². The van der Waals surface area contributed by atoms with Gasteiger partial charge in [0.1, 0.15) is 0 Å². The first-order chi connectivity index (χ1) is 13.6. The third kappa shape index (κ3) is 3.42. The van der Waals surface area contributed by atoms with Gasteiger partial charge in [0.25, 0.3) is 5.91 Å². The van der Waals surface area contributed by atoms with Crippen LogP contribution < -0.4 is 20.5 Å². The molecule has 1 amide bonds. The van der Waals surface area contributed by atoms with Crippen LogP contribution in [-0.4, -0.2) is 20.1 Å². The van der Waals surface area contributed by atoms with Gasteiger partial charge in [0.05, 0.1) is 30.5 Å². The number of rotatable bonds is 5. The van der Waals surface area contributed by atoms with Crippen LogP contribution in [0.1, 0.15) is 9.67 Å². The number of ether oxygens (including phenoxy) is 2. The fourth-order valence-corrected chi connectivity index (χ4v) is 4.61. The summed E-state index contributed by atoms with van der Waals surface area (Å²) in [4.78, 5) is 14.5. The lowest BCUT2D eigenvalue weighted by atomic mass is 10.1. The van der Waals surface area contributed by atoms with Crippen molar-refractivity contribution >= 4 is 50.0 Å². The number of nitrogen functional groups attached to an aromatic ring is 1. The summed E-state index contributed by atoms with van der Waals surface area (Å²) in [7, 11) is 3.18. The molecular weight excluding hydrogens is 392 g/mol. The molecule has 2 heterocycles. The minimum Gasteiger partial charge on any atom is -0.493 e. The van der Waals surface area contributed by atoms with Crippen LogP contribution in [0.3, 0.4) is 0 Å². The van der Waals surface area contributed by atoms with E-state index in [2.05, 4.69) is 5.32 Å². The molecule has 28 heavy (non-hydrogen) atoms. The van der Waals surface area contributed by atoms with Crippen molar-refractivity contribution < 1.29 is 14.3 Å². The summed E-state index contributed by atoms with van der Waals surface area (Å²) in [6.07, 6.45) is 0. The van der Waals surface area contributed by atoms with Crippen molar-refractivity contribution in [3.8, 4) is 21.9 Å². The minimum absolute atomic E-state index is 0.200. The summed E-state index contributed by atoms with van der Waals surface area (Å²) < 4.78 is 11.6. The number of anilines is 2. The van der Waals surface area contributed by atoms with E-state index in [1.54, 1.807) is 25.6 Å². The highest BCUT2D eigenvalue weighted by Crippen LogP contribution is 2.37. The number of thiophene rings is 2. The average molecular weight is 411 g/mol. The number of nitrogens with one attached hydrogen (secondary N) is 1. The number of benzene rings is 2. The molecule has 0 aliphatic rings. The van der Waals surface area contributed by atoms with Crippen molar-refractivity contribution in [2.45, 2.75) is 0 Å². The van der Waals surface area contributed by atoms with Gasteiger partial charge >= 0.3 is 0 Å². The smallest absolute Gasteiger partial charge is 0.265 e. The van der Waals surface area contributed by atoms with E-state index in [0.717, 1.165) is 20.5 Å². The first-order valence-corrected chi connectivity index (χ1v) is 10.2. The lowest BCUT2D eigenvalue weighted by Gasteiger charge is -2.09. The number of methoxy groups -OCH3 is 2. The third-order valence-corrected chi connectivity index (χ3v) is 6.37. The Kier molecular flexibility index (Phi) is 4.93. The molecule has 0 spiro atoms. The number of hydrogen-bond acceptors (Lipinski definition) is 6. The molecule has 2 aromatic carbocycles. The van der Waals surface area contributed by atoms with E-state index < -0.39 is 0 Å². The Labute approximate surface area is 170 Å². The normalized spacial score (nSPS) is 10.8. The molecule has 4 aromatic rings. The Morgan fingerprint density at radius 3 is 2.54 bits per heavy atom. The summed E-state index contributed by atoms with van der Waals surface area (Å²) in [5, 5.41) is 5.88. The zero-order valence-corrected chi connectivity index (χ0v) is 16.9. The lowest BCUT2D eigenvalue weighted by molar-refractivity contribution is 0.103. The van der Waals surface area contributed by atoms with Crippen LogP contribution in [-0.2, 0) is 0 Å². The molecule has 5 nitrogen and oxygen atoms in total. The second kappa shape index (κ2) is 7.53. The Morgan fingerprint density at radius 2 is 1.82 bits per heavy atom. The van der Waals surface area contributed by atoms with E-state index in [-0.39, 0.29) is 5.91 Å². The Morgan fingerprint density at radius 1 is 1.04 bits per heavy atom. The molecule has 4 rings (SSSR count). The number of fused-ring (bicyclic) bond motifs is 1. The van der Waals surface area contributed by atoms with E-state index in [4.69, 9.17) is 15.2 Å². The Bertz CT molecular complexity index is 1110. The van der Waals surface area contributed by atoms with Gasteiger partial charge in [-0.1, -0.05) is 12.1 Å². The molecule has 0 aliphatic heterocycles. The van der Waals surface area contributed by atoms with E-state index in [9.17, 15) is 4.79 Å². The predicted molar refractivity (Wildman–Crippen MR) is 117 cm³/mol. The van der Waals surface area contributed by atoms with Gasteiger partial charge in [0, 0.05) is 15.6 Å². The predicted octanol–water partition coefficient (Wildman–Crippen LogP) is 5.48. The third-order valence-electron chi connectivity index (χ3n) is 4.35. The van der Waals surface area contributed by atoms with E-state index in [0.29, 0.717) is 27.8 Å². The van der Waals surface area contributed by atoms with Crippen molar-refractivity contribution in [2.24, 2.45) is 0 Å². The monoisotopic (exact) mass is 410 g/mol. The van der Waals surface area contributed by atoms with Crippen LogP contribution in [0, 0.1) is 0 Å². The maximum Gasteiger partial charge on any atom is 0.265 e. The molecule has 0 atom stereocenters. The number of carbonyl (C=O) groups is 1. The highest BCUT2D eigenvalue weighted by Gasteiger charge is 2.15. The van der Waals surface area contributed by atoms with Crippen LogP contribution in [0.5, 0.6) is 11.5 Å². The van der Waals surface area contributed by atoms with Gasteiger partial charge in [0.15, 0.2) is 11.5 Å².